The molecule has 1 spiro atoms. The monoisotopic (exact) mass is 335 g/mol. The van der Waals surface area contributed by atoms with Gasteiger partial charge in [0.05, 0.1) is 11.8 Å². The predicted molar refractivity (Wildman–Crippen MR) is 84.5 cm³/mol. The summed E-state index contributed by atoms with van der Waals surface area (Å²) >= 11 is 0. The molecule has 1 fully saturated rings. The van der Waals surface area contributed by atoms with Crippen LogP contribution >= 0.6 is 0 Å². The van der Waals surface area contributed by atoms with Gasteiger partial charge in [-0.15, -0.1) is 0 Å². The highest BCUT2D eigenvalue weighted by Gasteiger charge is 2.43. The number of nitrogens with one attached hydrogen (secondary N) is 1. The van der Waals surface area contributed by atoms with E-state index in [9.17, 15) is 13.2 Å². The molecule has 0 saturated carbocycles. The quantitative estimate of drug-likeness (QED) is 0.902. The number of hydrogen-bond donors (Lipinski definition) is 1. The molecular formula is C18H20F3N3. The average molecular weight is 335 g/mol. The van der Waals surface area contributed by atoms with Crippen LogP contribution in [-0.4, -0.2) is 28.2 Å². The molecular weight excluding hydrogens is 315 g/mol. The Morgan fingerprint density at radius 2 is 2.12 bits per heavy atom. The van der Waals surface area contributed by atoms with E-state index >= 15 is 0 Å². The van der Waals surface area contributed by atoms with E-state index < -0.39 is 11.7 Å². The minimum atomic E-state index is -4.28. The number of aromatic nitrogens is 2. The molecule has 128 valence electrons. The van der Waals surface area contributed by atoms with Crippen LogP contribution in [0.5, 0.6) is 0 Å². The molecule has 1 saturated heterocycles. The molecule has 2 heterocycles. The minimum absolute atomic E-state index is 0.103. The lowest BCUT2D eigenvalue weighted by atomic mass is 9.77. The lowest BCUT2D eigenvalue weighted by Crippen LogP contribution is -2.44. The van der Waals surface area contributed by atoms with Gasteiger partial charge >= 0.3 is 6.18 Å². The number of likely N-dealkylation sites (tertiary alicyclic amines) is 1. The van der Waals surface area contributed by atoms with Crippen molar-refractivity contribution in [3.63, 3.8) is 0 Å². The van der Waals surface area contributed by atoms with Crippen molar-refractivity contribution in [2.24, 2.45) is 0 Å². The fraction of sp³-hybridized carbons (Fsp3) is 0.500. The van der Waals surface area contributed by atoms with Crippen LogP contribution in [0.3, 0.4) is 0 Å². The number of alkyl halides is 3. The highest BCUT2D eigenvalue weighted by atomic mass is 19.4. The van der Waals surface area contributed by atoms with Crippen LogP contribution < -0.4 is 0 Å². The van der Waals surface area contributed by atoms with E-state index in [-0.39, 0.29) is 5.41 Å². The molecule has 2 aromatic rings. The summed E-state index contributed by atoms with van der Waals surface area (Å²) in [6.45, 7) is 2.38. The first kappa shape index (κ1) is 15.7. The van der Waals surface area contributed by atoms with E-state index in [2.05, 4.69) is 15.1 Å². The van der Waals surface area contributed by atoms with Gasteiger partial charge in [-0.2, -0.15) is 18.3 Å². The fourth-order valence-electron chi connectivity index (χ4n) is 4.33. The van der Waals surface area contributed by atoms with Crippen LogP contribution in [0, 0.1) is 0 Å². The standard InChI is InChI=1S/C18H20F3N3/c19-18(20,21)15-4-1-3-13(9-15)11-24-8-2-6-17(12-24)7-5-14-10-22-23-16(14)17/h1,3-4,9-10H,2,5-8,11-12H2,(H,22,23). The maximum absolute atomic E-state index is 12.9. The fourth-order valence-corrected chi connectivity index (χ4v) is 4.33. The first-order valence-electron chi connectivity index (χ1n) is 8.38. The topological polar surface area (TPSA) is 31.9 Å². The zero-order valence-corrected chi connectivity index (χ0v) is 13.4. The van der Waals surface area contributed by atoms with Crippen molar-refractivity contribution in [2.75, 3.05) is 13.1 Å². The lowest BCUT2D eigenvalue weighted by Gasteiger charge is -2.40. The Hall–Kier alpha value is -1.82. The molecule has 6 heteroatoms. The van der Waals surface area contributed by atoms with Crippen LogP contribution in [0.15, 0.2) is 30.5 Å². The van der Waals surface area contributed by atoms with Crippen molar-refractivity contribution in [2.45, 2.75) is 43.8 Å². The molecule has 1 aromatic heterocycles. The third-order valence-electron chi connectivity index (χ3n) is 5.44. The summed E-state index contributed by atoms with van der Waals surface area (Å²) in [7, 11) is 0. The number of hydrogen-bond acceptors (Lipinski definition) is 2. The van der Waals surface area contributed by atoms with E-state index in [1.807, 2.05) is 6.20 Å². The molecule has 1 aromatic carbocycles. The number of fused-ring (bicyclic) bond motifs is 2. The van der Waals surface area contributed by atoms with E-state index in [4.69, 9.17) is 0 Å². The number of H-pyrrole nitrogens is 1. The molecule has 0 radical (unpaired) electrons. The summed E-state index contributed by atoms with van der Waals surface area (Å²) < 4.78 is 38.7. The molecule has 0 bridgehead atoms. The zero-order valence-electron chi connectivity index (χ0n) is 13.4. The van der Waals surface area contributed by atoms with Crippen LogP contribution in [0.25, 0.3) is 0 Å². The van der Waals surface area contributed by atoms with Gasteiger partial charge in [-0.1, -0.05) is 18.2 Å². The summed E-state index contributed by atoms with van der Waals surface area (Å²) in [5.74, 6) is 0. The van der Waals surface area contributed by atoms with Crippen LogP contribution in [0.4, 0.5) is 13.2 Å². The van der Waals surface area contributed by atoms with Gasteiger partial charge in [0, 0.05) is 24.2 Å². The van der Waals surface area contributed by atoms with Gasteiger partial charge in [-0.05, 0) is 49.4 Å². The SMILES string of the molecule is FC(F)(F)c1cccc(CN2CCCC3(CCc4cn[nH]c43)C2)c1. The first-order valence-corrected chi connectivity index (χ1v) is 8.38. The van der Waals surface area contributed by atoms with Gasteiger partial charge in [-0.25, -0.2) is 0 Å². The molecule has 1 unspecified atom stereocenters. The second kappa shape index (κ2) is 5.62. The van der Waals surface area contributed by atoms with Crippen molar-refractivity contribution in [3.05, 3.63) is 52.8 Å². The maximum atomic E-state index is 12.9. The number of aromatic amines is 1. The second-order valence-corrected chi connectivity index (χ2v) is 7.06. The minimum Gasteiger partial charge on any atom is -0.298 e. The van der Waals surface area contributed by atoms with Gasteiger partial charge < -0.3 is 0 Å². The lowest BCUT2D eigenvalue weighted by molar-refractivity contribution is -0.137. The number of aryl methyl sites for hydroxylation is 1. The third kappa shape index (κ3) is 2.73. The average Bonchev–Trinajstić information content (AvgIpc) is 3.12. The third-order valence-corrected chi connectivity index (χ3v) is 5.44. The van der Waals surface area contributed by atoms with E-state index in [1.165, 1.54) is 23.4 Å². The maximum Gasteiger partial charge on any atom is 0.416 e. The number of nitrogens with zero attached hydrogens (tertiary/aromatic N) is 2. The molecule has 1 aliphatic carbocycles. The second-order valence-electron chi connectivity index (χ2n) is 7.06. The van der Waals surface area contributed by atoms with E-state index in [0.29, 0.717) is 6.54 Å². The van der Waals surface area contributed by atoms with Crippen LogP contribution in [-0.2, 0) is 24.6 Å². The molecule has 2 aliphatic rings. The van der Waals surface area contributed by atoms with Crippen molar-refractivity contribution in [1.82, 2.24) is 15.1 Å². The molecule has 1 N–H and O–H groups in total. The molecule has 1 atom stereocenters. The predicted octanol–water partition coefficient (Wildman–Crippen LogP) is 3.91. The first-order chi connectivity index (χ1) is 11.5. The molecule has 3 nitrogen and oxygen atoms in total. The van der Waals surface area contributed by atoms with E-state index in [1.54, 1.807) is 6.07 Å². The van der Waals surface area contributed by atoms with E-state index in [0.717, 1.165) is 50.4 Å². The number of benzene rings is 1. The summed E-state index contributed by atoms with van der Waals surface area (Å²) in [5.41, 5.74) is 2.81. The Morgan fingerprint density at radius 3 is 2.96 bits per heavy atom. The number of halogens is 3. The highest BCUT2D eigenvalue weighted by molar-refractivity contribution is 5.33. The molecule has 24 heavy (non-hydrogen) atoms. The van der Waals surface area contributed by atoms with Gasteiger partial charge in [0.1, 0.15) is 0 Å². The summed E-state index contributed by atoms with van der Waals surface area (Å²) in [6.07, 6.45) is 1.98. The summed E-state index contributed by atoms with van der Waals surface area (Å²) in [6, 6.07) is 5.69. The van der Waals surface area contributed by atoms with Crippen molar-refractivity contribution < 1.29 is 13.2 Å². The number of rotatable bonds is 2. The van der Waals surface area contributed by atoms with Crippen LogP contribution in [0.2, 0.25) is 0 Å². The Morgan fingerprint density at radius 1 is 1.25 bits per heavy atom. The highest BCUT2D eigenvalue weighted by Crippen LogP contribution is 2.44. The Balaban J connectivity index is 1.52. The summed E-state index contributed by atoms with van der Waals surface area (Å²) in [5, 5.41) is 7.34. The summed E-state index contributed by atoms with van der Waals surface area (Å²) in [4.78, 5) is 2.29. The molecule has 4 rings (SSSR count). The number of piperidine rings is 1. The van der Waals surface area contributed by atoms with Gasteiger partial charge in [-0.3, -0.25) is 10.00 Å². The molecule has 1 aliphatic heterocycles. The van der Waals surface area contributed by atoms with Gasteiger partial charge in [0.2, 0.25) is 0 Å². The normalized spacial score (nSPS) is 24.5. The van der Waals surface area contributed by atoms with Crippen molar-refractivity contribution >= 4 is 0 Å². The smallest absolute Gasteiger partial charge is 0.298 e. The largest absolute Gasteiger partial charge is 0.416 e. The van der Waals surface area contributed by atoms with Crippen molar-refractivity contribution in [1.29, 1.82) is 0 Å². The van der Waals surface area contributed by atoms with Gasteiger partial charge in [0.15, 0.2) is 0 Å². The van der Waals surface area contributed by atoms with Crippen molar-refractivity contribution in [3.8, 4) is 0 Å². The van der Waals surface area contributed by atoms with Crippen LogP contribution in [0.1, 0.15) is 41.6 Å². The van der Waals surface area contributed by atoms with Gasteiger partial charge in [0.25, 0.3) is 0 Å². The Labute approximate surface area is 138 Å². The Bertz CT molecular complexity index is 737. The molecule has 0 amide bonds. The zero-order chi connectivity index (χ0) is 16.8. The Kier molecular flexibility index (Phi) is 3.67.